The molecule has 2 heterocycles. The zero-order valence-electron chi connectivity index (χ0n) is 11.4. The summed E-state index contributed by atoms with van der Waals surface area (Å²) in [4.78, 5) is 16.8. The monoisotopic (exact) mass is 265 g/mol. The van der Waals surface area contributed by atoms with Crippen molar-refractivity contribution < 1.29 is 4.79 Å². The summed E-state index contributed by atoms with van der Waals surface area (Å²) in [5.74, 6) is 0.302. The molecule has 1 unspecified atom stereocenters. The van der Waals surface area contributed by atoms with Crippen molar-refractivity contribution in [3.05, 3.63) is 21.9 Å². The quantitative estimate of drug-likeness (QED) is 0.753. The molecule has 18 heavy (non-hydrogen) atoms. The van der Waals surface area contributed by atoms with Crippen LogP contribution < -0.4 is 0 Å². The van der Waals surface area contributed by atoms with E-state index < -0.39 is 0 Å². The van der Waals surface area contributed by atoms with Crippen LogP contribution in [-0.4, -0.2) is 29.8 Å². The van der Waals surface area contributed by atoms with Gasteiger partial charge < -0.3 is 0 Å². The van der Waals surface area contributed by atoms with E-state index in [2.05, 4.69) is 18.7 Å². The molecular formula is C15H23NOS. The van der Waals surface area contributed by atoms with Gasteiger partial charge in [0.15, 0.2) is 5.78 Å². The number of rotatable bonds is 5. The zero-order chi connectivity index (χ0) is 13.0. The lowest BCUT2D eigenvalue weighted by atomic mass is 9.98. The molecule has 2 rings (SSSR count). The summed E-state index contributed by atoms with van der Waals surface area (Å²) in [5, 5.41) is 0. The van der Waals surface area contributed by atoms with Crippen LogP contribution in [0, 0.1) is 6.92 Å². The van der Waals surface area contributed by atoms with Crippen molar-refractivity contribution in [2.75, 3.05) is 13.1 Å². The number of likely N-dealkylation sites (tertiary alicyclic amines) is 1. The van der Waals surface area contributed by atoms with Gasteiger partial charge in [-0.1, -0.05) is 19.8 Å². The third-order valence-corrected chi connectivity index (χ3v) is 4.77. The SMILES string of the molecule is CCCC1CCCCN1CC(=O)c1ccc(C)s1. The number of carbonyl (C=O) groups is 1. The fourth-order valence-corrected chi connectivity index (χ4v) is 3.57. The second-order valence-electron chi connectivity index (χ2n) is 5.24. The molecule has 1 fully saturated rings. The highest BCUT2D eigenvalue weighted by Crippen LogP contribution is 2.22. The van der Waals surface area contributed by atoms with E-state index in [-0.39, 0.29) is 0 Å². The molecule has 0 saturated carbocycles. The van der Waals surface area contributed by atoms with Crippen molar-refractivity contribution in [3.63, 3.8) is 0 Å². The van der Waals surface area contributed by atoms with E-state index in [0.717, 1.165) is 11.4 Å². The Hall–Kier alpha value is -0.670. The minimum Gasteiger partial charge on any atom is -0.293 e. The summed E-state index contributed by atoms with van der Waals surface area (Å²) in [6.45, 7) is 6.00. The molecule has 0 aromatic carbocycles. The summed E-state index contributed by atoms with van der Waals surface area (Å²) < 4.78 is 0. The number of thiophene rings is 1. The minimum absolute atomic E-state index is 0.302. The van der Waals surface area contributed by atoms with Gasteiger partial charge in [-0.05, 0) is 44.9 Å². The molecule has 0 amide bonds. The zero-order valence-corrected chi connectivity index (χ0v) is 12.3. The Morgan fingerprint density at radius 1 is 1.44 bits per heavy atom. The first-order valence-corrected chi connectivity index (χ1v) is 7.86. The normalized spacial score (nSPS) is 21.1. The summed E-state index contributed by atoms with van der Waals surface area (Å²) in [6.07, 6.45) is 6.29. The first-order valence-electron chi connectivity index (χ1n) is 7.04. The highest BCUT2D eigenvalue weighted by atomic mass is 32.1. The lowest BCUT2D eigenvalue weighted by Crippen LogP contribution is -2.42. The molecule has 1 aromatic rings. The fraction of sp³-hybridized carbons (Fsp3) is 0.667. The predicted octanol–water partition coefficient (Wildman–Crippen LogP) is 3.89. The van der Waals surface area contributed by atoms with Gasteiger partial charge in [0.1, 0.15) is 0 Å². The molecule has 3 heteroatoms. The van der Waals surface area contributed by atoms with Crippen LogP contribution in [0.1, 0.15) is 53.6 Å². The average molecular weight is 265 g/mol. The van der Waals surface area contributed by atoms with Crippen LogP contribution in [0.5, 0.6) is 0 Å². The van der Waals surface area contributed by atoms with E-state index in [4.69, 9.17) is 0 Å². The number of hydrogen-bond donors (Lipinski definition) is 0. The number of piperidine rings is 1. The molecule has 0 N–H and O–H groups in total. The smallest absolute Gasteiger partial charge is 0.186 e. The van der Waals surface area contributed by atoms with Gasteiger partial charge in [0.25, 0.3) is 0 Å². The molecule has 1 atom stereocenters. The lowest BCUT2D eigenvalue weighted by molar-refractivity contribution is 0.0835. The number of nitrogens with zero attached hydrogens (tertiary/aromatic N) is 1. The maximum atomic E-state index is 12.2. The largest absolute Gasteiger partial charge is 0.293 e. The van der Waals surface area contributed by atoms with Gasteiger partial charge >= 0.3 is 0 Å². The number of hydrogen-bond acceptors (Lipinski definition) is 3. The van der Waals surface area contributed by atoms with Crippen molar-refractivity contribution in [1.82, 2.24) is 4.90 Å². The van der Waals surface area contributed by atoms with Gasteiger partial charge in [-0.3, -0.25) is 9.69 Å². The van der Waals surface area contributed by atoms with Gasteiger partial charge in [0.2, 0.25) is 0 Å². The molecule has 1 saturated heterocycles. The third kappa shape index (κ3) is 3.42. The van der Waals surface area contributed by atoms with Crippen LogP contribution in [0.3, 0.4) is 0 Å². The third-order valence-electron chi connectivity index (χ3n) is 3.73. The van der Waals surface area contributed by atoms with Crippen molar-refractivity contribution in [2.45, 2.75) is 52.0 Å². The van der Waals surface area contributed by atoms with E-state index in [0.29, 0.717) is 18.4 Å². The summed E-state index contributed by atoms with van der Waals surface area (Å²) in [6, 6.07) is 4.65. The molecule has 1 aromatic heterocycles. The molecule has 2 nitrogen and oxygen atoms in total. The highest BCUT2D eigenvalue weighted by Gasteiger charge is 2.24. The van der Waals surface area contributed by atoms with Gasteiger partial charge in [-0.25, -0.2) is 0 Å². The Balaban J connectivity index is 1.96. The summed E-state index contributed by atoms with van der Waals surface area (Å²) >= 11 is 1.62. The van der Waals surface area contributed by atoms with Gasteiger partial charge in [-0.15, -0.1) is 11.3 Å². The van der Waals surface area contributed by atoms with Crippen molar-refractivity contribution >= 4 is 17.1 Å². The van der Waals surface area contributed by atoms with Gasteiger partial charge in [-0.2, -0.15) is 0 Å². The fourth-order valence-electron chi connectivity index (χ4n) is 2.78. The second kappa shape index (κ2) is 6.48. The molecule has 1 aliphatic rings. The number of Topliss-reactive ketones (excluding diaryl/α,β-unsaturated/α-hetero) is 1. The highest BCUT2D eigenvalue weighted by molar-refractivity contribution is 7.14. The van der Waals surface area contributed by atoms with Crippen LogP contribution in [0.2, 0.25) is 0 Å². The van der Waals surface area contributed by atoms with E-state index >= 15 is 0 Å². The molecule has 0 radical (unpaired) electrons. The topological polar surface area (TPSA) is 20.3 Å². The second-order valence-corrected chi connectivity index (χ2v) is 6.53. The van der Waals surface area contributed by atoms with Crippen LogP contribution in [-0.2, 0) is 0 Å². The number of aryl methyl sites for hydroxylation is 1. The molecular weight excluding hydrogens is 242 g/mol. The molecule has 0 bridgehead atoms. The molecule has 0 aliphatic carbocycles. The Labute approximate surface area is 114 Å². The molecule has 1 aliphatic heterocycles. The van der Waals surface area contributed by atoms with Crippen LogP contribution >= 0.6 is 11.3 Å². The van der Waals surface area contributed by atoms with Crippen LogP contribution in [0.15, 0.2) is 12.1 Å². The Morgan fingerprint density at radius 3 is 2.94 bits per heavy atom. The average Bonchev–Trinajstić information content (AvgIpc) is 2.79. The molecule has 100 valence electrons. The maximum Gasteiger partial charge on any atom is 0.186 e. The van der Waals surface area contributed by atoms with Crippen molar-refractivity contribution in [2.24, 2.45) is 0 Å². The summed E-state index contributed by atoms with van der Waals surface area (Å²) in [5.41, 5.74) is 0. The Kier molecular flexibility index (Phi) is 4.95. The minimum atomic E-state index is 0.302. The number of carbonyl (C=O) groups excluding carboxylic acids is 1. The number of ketones is 1. The van der Waals surface area contributed by atoms with Gasteiger partial charge in [0.05, 0.1) is 11.4 Å². The van der Waals surface area contributed by atoms with E-state index in [1.54, 1.807) is 11.3 Å². The maximum absolute atomic E-state index is 12.2. The van der Waals surface area contributed by atoms with Crippen LogP contribution in [0.4, 0.5) is 0 Å². The van der Waals surface area contributed by atoms with E-state index in [1.807, 2.05) is 12.1 Å². The summed E-state index contributed by atoms with van der Waals surface area (Å²) in [7, 11) is 0. The first kappa shape index (κ1) is 13.8. The standard InChI is InChI=1S/C15H23NOS/c1-3-6-13-7-4-5-10-16(13)11-14(17)15-9-8-12(2)18-15/h8-9,13H,3-7,10-11H2,1-2H3. The van der Waals surface area contributed by atoms with Gasteiger partial charge in [0, 0.05) is 10.9 Å². The van der Waals surface area contributed by atoms with Crippen molar-refractivity contribution in [1.29, 1.82) is 0 Å². The lowest BCUT2D eigenvalue weighted by Gasteiger charge is -2.35. The van der Waals surface area contributed by atoms with E-state index in [1.165, 1.54) is 37.0 Å². The molecule has 0 spiro atoms. The first-order chi connectivity index (χ1) is 8.70. The van der Waals surface area contributed by atoms with Crippen LogP contribution in [0.25, 0.3) is 0 Å². The van der Waals surface area contributed by atoms with E-state index in [9.17, 15) is 4.79 Å². The predicted molar refractivity (Wildman–Crippen MR) is 77.5 cm³/mol. The Morgan fingerprint density at radius 2 is 2.28 bits per heavy atom. The van der Waals surface area contributed by atoms with Crippen molar-refractivity contribution in [3.8, 4) is 0 Å². The Bertz CT molecular complexity index is 397.